The summed E-state index contributed by atoms with van der Waals surface area (Å²) in [6.07, 6.45) is -4.51. The lowest BCUT2D eigenvalue weighted by Crippen LogP contribution is -2.14. The molecular formula is C22H18F3N3O2S. The number of hydrogen-bond donors (Lipinski definition) is 1. The number of rotatable bonds is 4. The Morgan fingerprint density at radius 1 is 1.13 bits per heavy atom. The summed E-state index contributed by atoms with van der Waals surface area (Å²) in [5, 5.41) is 3.15. The van der Waals surface area contributed by atoms with Crippen molar-refractivity contribution in [2.45, 2.75) is 20.0 Å². The molecule has 2 aromatic carbocycles. The molecule has 0 atom stereocenters. The molecule has 0 saturated heterocycles. The monoisotopic (exact) mass is 445 g/mol. The zero-order chi connectivity index (χ0) is 22.3. The number of ether oxygens (including phenoxy) is 1. The minimum atomic E-state index is -4.51. The summed E-state index contributed by atoms with van der Waals surface area (Å²) in [6, 6.07) is 12.3. The summed E-state index contributed by atoms with van der Waals surface area (Å²) in [7, 11) is 1.57. The molecule has 9 heteroatoms. The Balaban J connectivity index is 1.69. The molecule has 0 saturated carbocycles. The third kappa shape index (κ3) is 3.88. The van der Waals surface area contributed by atoms with Gasteiger partial charge in [0.1, 0.15) is 5.75 Å². The van der Waals surface area contributed by atoms with Gasteiger partial charge in [0.15, 0.2) is 5.13 Å². The highest BCUT2D eigenvalue weighted by atomic mass is 32.1. The van der Waals surface area contributed by atoms with Crippen LogP contribution in [0.1, 0.15) is 27.3 Å². The van der Waals surface area contributed by atoms with Gasteiger partial charge in [-0.3, -0.25) is 10.1 Å². The average Bonchev–Trinajstić information content (AvgIpc) is 3.25. The van der Waals surface area contributed by atoms with Crippen molar-refractivity contribution in [1.82, 2.24) is 9.55 Å². The van der Waals surface area contributed by atoms with E-state index in [0.29, 0.717) is 27.8 Å². The molecule has 1 N–H and O–H groups in total. The van der Waals surface area contributed by atoms with Gasteiger partial charge in [0.2, 0.25) is 0 Å². The maximum Gasteiger partial charge on any atom is 0.418 e. The van der Waals surface area contributed by atoms with E-state index in [9.17, 15) is 18.0 Å². The van der Waals surface area contributed by atoms with Crippen molar-refractivity contribution in [3.8, 4) is 11.4 Å². The molecule has 2 aromatic heterocycles. The van der Waals surface area contributed by atoms with Gasteiger partial charge >= 0.3 is 6.18 Å². The van der Waals surface area contributed by atoms with Crippen molar-refractivity contribution in [2.75, 3.05) is 12.4 Å². The van der Waals surface area contributed by atoms with Crippen LogP contribution in [0.4, 0.5) is 18.3 Å². The molecule has 0 aliphatic rings. The van der Waals surface area contributed by atoms with Gasteiger partial charge in [-0.1, -0.05) is 23.5 Å². The van der Waals surface area contributed by atoms with Crippen LogP contribution in [0.2, 0.25) is 0 Å². The maximum absolute atomic E-state index is 13.5. The zero-order valence-electron chi connectivity index (χ0n) is 16.9. The molecule has 0 aliphatic carbocycles. The Morgan fingerprint density at radius 3 is 2.58 bits per heavy atom. The summed E-state index contributed by atoms with van der Waals surface area (Å²) in [5.74, 6) is 0.246. The minimum Gasteiger partial charge on any atom is -0.497 e. The Bertz CT molecular complexity index is 1290. The second-order valence-corrected chi connectivity index (χ2v) is 7.97. The molecule has 31 heavy (non-hydrogen) atoms. The second-order valence-electron chi connectivity index (χ2n) is 6.94. The van der Waals surface area contributed by atoms with Crippen LogP contribution in [0.3, 0.4) is 0 Å². The Kier molecular flexibility index (Phi) is 5.22. The fraction of sp³-hybridized carbons (Fsp3) is 0.182. The smallest absolute Gasteiger partial charge is 0.418 e. The minimum absolute atomic E-state index is 0.0175. The Hall–Kier alpha value is -3.33. The molecule has 4 aromatic rings. The number of nitrogens with zero attached hydrogens (tertiary/aromatic N) is 2. The number of fused-ring (bicyclic) bond motifs is 1. The van der Waals surface area contributed by atoms with Crippen LogP contribution in [0.25, 0.3) is 15.9 Å². The van der Waals surface area contributed by atoms with Gasteiger partial charge in [0.05, 0.1) is 34.1 Å². The maximum atomic E-state index is 13.5. The van der Waals surface area contributed by atoms with Gasteiger partial charge in [-0.15, -0.1) is 0 Å². The SMILES string of the molecule is COc1ccc2nc(NC(=O)c3cc(C)n(-c4ccccc4C(F)(F)F)c3C)sc2c1. The van der Waals surface area contributed by atoms with E-state index in [0.717, 1.165) is 10.8 Å². The van der Waals surface area contributed by atoms with Crippen LogP contribution >= 0.6 is 11.3 Å². The molecule has 0 aliphatic heterocycles. The third-order valence-corrected chi connectivity index (χ3v) is 5.88. The van der Waals surface area contributed by atoms with Crippen LogP contribution in [0, 0.1) is 13.8 Å². The molecule has 0 spiro atoms. The van der Waals surface area contributed by atoms with E-state index in [2.05, 4.69) is 10.3 Å². The Morgan fingerprint density at radius 2 is 1.87 bits per heavy atom. The first-order chi connectivity index (χ1) is 14.7. The molecular weight excluding hydrogens is 427 g/mol. The number of amides is 1. The first-order valence-corrected chi connectivity index (χ1v) is 10.1. The first-order valence-electron chi connectivity index (χ1n) is 9.30. The van der Waals surface area contributed by atoms with Gasteiger partial charge < -0.3 is 9.30 Å². The number of aryl methyl sites for hydroxylation is 1. The third-order valence-electron chi connectivity index (χ3n) is 4.94. The lowest BCUT2D eigenvalue weighted by molar-refractivity contribution is -0.137. The molecule has 0 unspecified atom stereocenters. The number of methoxy groups -OCH3 is 1. The van der Waals surface area contributed by atoms with Crippen molar-refractivity contribution in [2.24, 2.45) is 0 Å². The lowest BCUT2D eigenvalue weighted by atomic mass is 10.1. The number of thiazole rings is 1. The zero-order valence-corrected chi connectivity index (χ0v) is 17.7. The summed E-state index contributed by atoms with van der Waals surface area (Å²) in [5.41, 5.74) is 1.15. The van der Waals surface area contributed by atoms with E-state index < -0.39 is 17.6 Å². The summed E-state index contributed by atoms with van der Waals surface area (Å²) in [6.45, 7) is 3.29. The number of alkyl halides is 3. The van der Waals surface area contributed by atoms with E-state index in [1.54, 1.807) is 45.2 Å². The fourth-order valence-corrected chi connectivity index (χ4v) is 4.41. The van der Waals surface area contributed by atoms with Gasteiger partial charge in [-0.05, 0) is 50.2 Å². The predicted molar refractivity (Wildman–Crippen MR) is 114 cm³/mol. The predicted octanol–water partition coefficient (Wildman–Crippen LogP) is 5.98. The number of aromatic nitrogens is 2. The van der Waals surface area contributed by atoms with Crippen molar-refractivity contribution in [3.05, 3.63) is 71.0 Å². The van der Waals surface area contributed by atoms with E-state index in [4.69, 9.17) is 4.74 Å². The van der Waals surface area contributed by atoms with Crippen LogP contribution in [0.15, 0.2) is 48.5 Å². The van der Waals surface area contributed by atoms with Gasteiger partial charge in [0.25, 0.3) is 5.91 Å². The van der Waals surface area contributed by atoms with Crippen molar-refractivity contribution in [3.63, 3.8) is 0 Å². The molecule has 0 radical (unpaired) electrons. The second kappa shape index (κ2) is 7.73. The van der Waals surface area contributed by atoms with Crippen LogP contribution in [-0.2, 0) is 6.18 Å². The normalized spacial score (nSPS) is 11.7. The largest absolute Gasteiger partial charge is 0.497 e. The van der Waals surface area contributed by atoms with E-state index in [-0.39, 0.29) is 11.3 Å². The molecule has 4 rings (SSSR count). The Labute approximate surface area is 180 Å². The highest BCUT2D eigenvalue weighted by molar-refractivity contribution is 7.22. The van der Waals surface area contributed by atoms with Gasteiger partial charge in [-0.2, -0.15) is 13.2 Å². The highest BCUT2D eigenvalue weighted by Crippen LogP contribution is 2.36. The van der Waals surface area contributed by atoms with E-state index in [1.165, 1.54) is 28.0 Å². The van der Waals surface area contributed by atoms with Crippen LogP contribution in [-0.4, -0.2) is 22.6 Å². The number of carbonyl (C=O) groups is 1. The molecule has 0 fully saturated rings. The number of hydrogen-bond acceptors (Lipinski definition) is 4. The van der Waals surface area contributed by atoms with Crippen molar-refractivity contribution < 1.29 is 22.7 Å². The number of benzene rings is 2. The van der Waals surface area contributed by atoms with Crippen molar-refractivity contribution >= 4 is 32.6 Å². The summed E-state index contributed by atoms with van der Waals surface area (Å²) in [4.78, 5) is 17.3. The standard InChI is InChI=1S/C22H18F3N3O2S/c1-12-10-15(13(2)28(12)18-7-5-4-6-16(18)22(23,24)25)20(29)27-21-26-17-9-8-14(30-3)11-19(17)31-21/h4-11H,1-3H3,(H,26,27,29). The number of carbonyl (C=O) groups excluding carboxylic acids is 1. The molecule has 0 bridgehead atoms. The number of anilines is 1. The molecule has 1 amide bonds. The van der Waals surface area contributed by atoms with Crippen molar-refractivity contribution in [1.29, 1.82) is 0 Å². The highest BCUT2D eigenvalue weighted by Gasteiger charge is 2.34. The number of nitrogens with one attached hydrogen (secondary N) is 1. The van der Waals surface area contributed by atoms with E-state index in [1.807, 2.05) is 6.07 Å². The van der Waals surface area contributed by atoms with Gasteiger partial charge in [0, 0.05) is 11.4 Å². The van der Waals surface area contributed by atoms with Crippen LogP contribution in [0.5, 0.6) is 5.75 Å². The molecule has 160 valence electrons. The topological polar surface area (TPSA) is 56.1 Å². The van der Waals surface area contributed by atoms with E-state index >= 15 is 0 Å². The van der Waals surface area contributed by atoms with Gasteiger partial charge in [-0.25, -0.2) is 4.98 Å². The summed E-state index contributed by atoms with van der Waals surface area (Å²) < 4.78 is 48.0. The lowest BCUT2D eigenvalue weighted by Gasteiger charge is -2.16. The molecule has 2 heterocycles. The fourth-order valence-electron chi connectivity index (χ4n) is 3.52. The quantitative estimate of drug-likeness (QED) is 0.420. The number of halogens is 3. The summed E-state index contributed by atoms with van der Waals surface area (Å²) >= 11 is 1.29. The average molecular weight is 445 g/mol. The number of para-hydroxylation sites is 1. The van der Waals surface area contributed by atoms with Crippen LogP contribution < -0.4 is 10.1 Å². The molecule has 5 nitrogen and oxygen atoms in total. The first kappa shape index (κ1) is 20.9.